The van der Waals surface area contributed by atoms with E-state index in [0.29, 0.717) is 22.0 Å². The molecule has 1 amide bonds. The van der Waals surface area contributed by atoms with Crippen LogP contribution in [0.3, 0.4) is 0 Å². The quantitative estimate of drug-likeness (QED) is 0.464. The monoisotopic (exact) mass is 435 g/mol. The summed E-state index contributed by atoms with van der Waals surface area (Å²) in [4.78, 5) is 35.2. The standard InChI is InChI=1S/C20H15Cl2NO6/c1-11-6-19(25)29-17-8-13(3-4-14(11)17)27-10-20(26)28-9-18(24)23-16-5-2-12(21)7-15(16)22/h2-8H,9-10H2,1H3,(H,23,24). The number of rotatable bonds is 6. The molecule has 0 bridgehead atoms. The Kier molecular flexibility index (Phi) is 6.41. The van der Waals surface area contributed by atoms with Gasteiger partial charge in [-0.3, -0.25) is 4.79 Å². The fourth-order valence-corrected chi connectivity index (χ4v) is 2.96. The minimum atomic E-state index is -0.742. The molecule has 0 aliphatic rings. The maximum absolute atomic E-state index is 11.9. The summed E-state index contributed by atoms with van der Waals surface area (Å²) in [5.41, 5.74) is 0.994. The molecule has 7 nitrogen and oxygen atoms in total. The number of aryl methyl sites for hydroxylation is 1. The summed E-state index contributed by atoms with van der Waals surface area (Å²) in [6, 6.07) is 10.8. The number of hydrogen-bond acceptors (Lipinski definition) is 6. The first kappa shape index (κ1) is 20.7. The molecule has 9 heteroatoms. The lowest BCUT2D eigenvalue weighted by atomic mass is 10.1. The Morgan fingerprint density at radius 2 is 1.86 bits per heavy atom. The zero-order valence-electron chi connectivity index (χ0n) is 15.2. The second-order valence-electron chi connectivity index (χ2n) is 6.03. The van der Waals surface area contributed by atoms with Crippen molar-refractivity contribution in [3.63, 3.8) is 0 Å². The maximum atomic E-state index is 11.9. The molecule has 3 aromatic rings. The second kappa shape index (κ2) is 8.98. The van der Waals surface area contributed by atoms with Gasteiger partial charge in [-0.1, -0.05) is 23.2 Å². The van der Waals surface area contributed by atoms with E-state index in [1.807, 2.05) is 0 Å². The highest BCUT2D eigenvalue weighted by Crippen LogP contribution is 2.25. The number of fused-ring (bicyclic) bond motifs is 1. The van der Waals surface area contributed by atoms with E-state index in [4.69, 9.17) is 37.1 Å². The first-order chi connectivity index (χ1) is 13.8. The largest absolute Gasteiger partial charge is 0.482 e. The molecule has 0 fully saturated rings. The van der Waals surface area contributed by atoms with Gasteiger partial charge in [0.05, 0.1) is 10.7 Å². The Balaban J connectivity index is 1.51. The van der Waals surface area contributed by atoms with Crippen LogP contribution in [0.4, 0.5) is 5.69 Å². The van der Waals surface area contributed by atoms with Crippen LogP contribution in [0.25, 0.3) is 11.0 Å². The van der Waals surface area contributed by atoms with Gasteiger partial charge < -0.3 is 19.2 Å². The molecule has 0 unspecified atom stereocenters. The Morgan fingerprint density at radius 3 is 2.62 bits per heavy atom. The second-order valence-corrected chi connectivity index (χ2v) is 6.87. The summed E-state index contributed by atoms with van der Waals surface area (Å²) in [6.45, 7) is 0.864. The molecule has 0 aliphatic heterocycles. The highest BCUT2D eigenvalue weighted by Gasteiger charge is 2.11. The lowest BCUT2D eigenvalue weighted by Gasteiger charge is -2.09. The molecule has 29 heavy (non-hydrogen) atoms. The number of carbonyl (C=O) groups excluding carboxylic acids is 2. The van der Waals surface area contributed by atoms with Crippen molar-refractivity contribution in [1.82, 2.24) is 0 Å². The van der Waals surface area contributed by atoms with Crippen LogP contribution in [0.2, 0.25) is 10.0 Å². The van der Waals surface area contributed by atoms with Crippen LogP contribution < -0.4 is 15.7 Å². The van der Waals surface area contributed by atoms with Gasteiger partial charge in [-0.25, -0.2) is 9.59 Å². The van der Waals surface area contributed by atoms with Crippen LogP contribution in [-0.4, -0.2) is 25.1 Å². The summed E-state index contributed by atoms with van der Waals surface area (Å²) < 4.78 is 15.3. The summed E-state index contributed by atoms with van der Waals surface area (Å²) in [5, 5.41) is 3.96. The normalized spacial score (nSPS) is 10.6. The summed E-state index contributed by atoms with van der Waals surface area (Å²) in [6.07, 6.45) is 0. The molecule has 0 saturated carbocycles. The molecule has 1 aromatic heterocycles. The van der Waals surface area contributed by atoms with Crippen LogP contribution >= 0.6 is 23.2 Å². The number of nitrogens with one attached hydrogen (secondary N) is 1. The number of carbonyl (C=O) groups is 2. The van der Waals surface area contributed by atoms with Crippen molar-refractivity contribution in [3.8, 4) is 5.75 Å². The fraction of sp³-hybridized carbons (Fsp3) is 0.150. The van der Waals surface area contributed by atoms with Gasteiger partial charge in [-0.2, -0.15) is 0 Å². The van der Waals surface area contributed by atoms with E-state index in [-0.39, 0.29) is 5.02 Å². The lowest BCUT2D eigenvalue weighted by Crippen LogP contribution is -2.23. The first-order valence-corrected chi connectivity index (χ1v) is 9.15. The smallest absolute Gasteiger partial charge is 0.344 e. The van der Waals surface area contributed by atoms with Crippen molar-refractivity contribution in [2.75, 3.05) is 18.5 Å². The number of halogens is 2. The van der Waals surface area contributed by atoms with E-state index in [2.05, 4.69) is 5.32 Å². The molecule has 0 atom stereocenters. The third kappa shape index (κ3) is 5.49. The van der Waals surface area contributed by atoms with Crippen molar-refractivity contribution < 1.29 is 23.5 Å². The zero-order valence-corrected chi connectivity index (χ0v) is 16.7. The molecule has 0 saturated heterocycles. The number of benzene rings is 2. The molecule has 0 aliphatic carbocycles. The number of ether oxygens (including phenoxy) is 2. The third-order valence-electron chi connectivity index (χ3n) is 3.85. The van der Waals surface area contributed by atoms with Crippen molar-refractivity contribution in [3.05, 3.63) is 68.5 Å². The van der Waals surface area contributed by atoms with E-state index >= 15 is 0 Å². The number of anilines is 1. The van der Waals surface area contributed by atoms with Crippen LogP contribution in [0.15, 0.2) is 51.7 Å². The van der Waals surface area contributed by atoms with Gasteiger partial charge in [0.1, 0.15) is 11.3 Å². The summed E-state index contributed by atoms with van der Waals surface area (Å²) in [7, 11) is 0. The fourth-order valence-electron chi connectivity index (χ4n) is 2.50. The number of hydrogen-bond donors (Lipinski definition) is 1. The first-order valence-electron chi connectivity index (χ1n) is 8.39. The maximum Gasteiger partial charge on any atom is 0.344 e. The molecule has 150 valence electrons. The van der Waals surface area contributed by atoms with Gasteiger partial charge in [-0.05, 0) is 42.8 Å². The van der Waals surface area contributed by atoms with Crippen molar-refractivity contribution in [2.24, 2.45) is 0 Å². The van der Waals surface area contributed by atoms with Crippen molar-refractivity contribution in [2.45, 2.75) is 6.92 Å². The predicted molar refractivity (Wildman–Crippen MR) is 109 cm³/mol. The van der Waals surface area contributed by atoms with E-state index in [9.17, 15) is 14.4 Å². The van der Waals surface area contributed by atoms with E-state index < -0.39 is 30.7 Å². The average molecular weight is 436 g/mol. The van der Waals surface area contributed by atoms with Crippen LogP contribution in [0, 0.1) is 6.92 Å². The molecular weight excluding hydrogens is 421 g/mol. The highest BCUT2D eigenvalue weighted by molar-refractivity contribution is 6.36. The van der Waals surface area contributed by atoms with Gasteiger partial charge in [0.2, 0.25) is 0 Å². The highest BCUT2D eigenvalue weighted by atomic mass is 35.5. The van der Waals surface area contributed by atoms with Gasteiger partial charge >= 0.3 is 11.6 Å². The van der Waals surface area contributed by atoms with Crippen LogP contribution in [0.5, 0.6) is 5.75 Å². The number of amides is 1. The van der Waals surface area contributed by atoms with Gasteiger partial charge in [0, 0.05) is 22.5 Å². The zero-order chi connectivity index (χ0) is 21.0. The molecule has 3 rings (SSSR count). The minimum Gasteiger partial charge on any atom is -0.482 e. The lowest BCUT2D eigenvalue weighted by molar-refractivity contribution is -0.149. The molecule has 1 heterocycles. The van der Waals surface area contributed by atoms with E-state index in [1.165, 1.54) is 24.3 Å². The van der Waals surface area contributed by atoms with Crippen LogP contribution in [-0.2, 0) is 14.3 Å². The van der Waals surface area contributed by atoms with Gasteiger partial charge in [0.15, 0.2) is 13.2 Å². The average Bonchev–Trinajstić information content (AvgIpc) is 2.66. The van der Waals surface area contributed by atoms with E-state index in [1.54, 1.807) is 25.1 Å². The third-order valence-corrected chi connectivity index (χ3v) is 4.40. The topological polar surface area (TPSA) is 94.8 Å². The molecule has 1 N–H and O–H groups in total. The van der Waals surface area contributed by atoms with E-state index in [0.717, 1.165) is 10.9 Å². The SMILES string of the molecule is Cc1cc(=O)oc2cc(OCC(=O)OCC(=O)Nc3ccc(Cl)cc3Cl)ccc12. The van der Waals surface area contributed by atoms with Crippen molar-refractivity contribution >= 4 is 51.7 Å². The summed E-state index contributed by atoms with van der Waals surface area (Å²) >= 11 is 11.7. The molecular formula is C20H15Cl2NO6. The Bertz CT molecular complexity index is 1140. The molecule has 2 aromatic carbocycles. The Hall–Kier alpha value is -3.03. The van der Waals surface area contributed by atoms with Crippen molar-refractivity contribution in [1.29, 1.82) is 0 Å². The summed E-state index contributed by atoms with van der Waals surface area (Å²) in [5.74, 6) is -0.987. The molecule has 0 radical (unpaired) electrons. The minimum absolute atomic E-state index is 0.263. The van der Waals surface area contributed by atoms with Gasteiger partial charge in [-0.15, -0.1) is 0 Å². The predicted octanol–water partition coefficient (Wildman–Crippen LogP) is 3.97. The van der Waals surface area contributed by atoms with Gasteiger partial charge in [0.25, 0.3) is 5.91 Å². The Labute approximate surface area is 175 Å². The van der Waals surface area contributed by atoms with Crippen LogP contribution in [0.1, 0.15) is 5.56 Å². The molecule has 0 spiro atoms. The Morgan fingerprint density at radius 1 is 1.07 bits per heavy atom. The number of esters is 1.